The fourth-order valence-corrected chi connectivity index (χ4v) is 3.81. The van der Waals surface area contributed by atoms with Gasteiger partial charge < -0.3 is 19.5 Å². The fourth-order valence-electron chi connectivity index (χ4n) is 3.81. The standard InChI is InChI=1S/C21H28N4O3/c1-14(2)20-23-19(24-28-20)15-7-9-17(10-8-15)27-18-11-12-25(13-18)21(26)22-16-5-3-4-6-16/h7-10,14,16,18H,3-6,11-13H2,1-2H3,(H,22,26). The van der Waals surface area contributed by atoms with Gasteiger partial charge in [0.1, 0.15) is 11.9 Å². The van der Waals surface area contributed by atoms with Crippen LogP contribution in [0.4, 0.5) is 4.79 Å². The summed E-state index contributed by atoms with van der Waals surface area (Å²) >= 11 is 0. The lowest BCUT2D eigenvalue weighted by atomic mass is 10.2. The second-order valence-electron chi connectivity index (χ2n) is 8.04. The average molecular weight is 384 g/mol. The van der Waals surface area contributed by atoms with Gasteiger partial charge in [-0.15, -0.1) is 0 Å². The smallest absolute Gasteiger partial charge is 0.317 e. The van der Waals surface area contributed by atoms with Gasteiger partial charge in [-0.3, -0.25) is 0 Å². The minimum Gasteiger partial charge on any atom is -0.489 e. The van der Waals surface area contributed by atoms with Crippen molar-refractivity contribution in [2.75, 3.05) is 13.1 Å². The minimum atomic E-state index is 0.0258. The van der Waals surface area contributed by atoms with E-state index in [2.05, 4.69) is 15.5 Å². The molecule has 1 atom stereocenters. The number of likely N-dealkylation sites (tertiary alicyclic amines) is 1. The maximum absolute atomic E-state index is 12.4. The number of hydrogen-bond donors (Lipinski definition) is 1. The molecule has 28 heavy (non-hydrogen) atoms. The van der Waals surface area contributed by atoms with E-state index in [1.165, 1.54) is 12.8 Å². The van der Waals surface area contributed by atoms with Crippen LogP contribution in [0, 0.1) is 0 Å². The second kappa shape index (κ2) is 8.20. The third-order valence-corrected chi connectivity index (χ3v) is 5.47. The van der Waals surface area contributed by atoms with E-state index >= 15 is 0 Å². The lowest BCUT2D eigenvalue weighted by Crippen LogP contribution is -2.43. The lowest BCUT2D eigenvalue weighted by molar-refractivity contribution is 0.184. The molecule has 1 saturated carbocycles. The molecule has 2 fully saturated rings. The first-order valence-corrected chi connectivity index (χ1v) is 10.2. The Morgan fingerprint density at radius 2 is 1.96 bits per heavy atom. The molecule has 2 amide bonds. The van der Waals surface area contributed by atoms with E-state index < -0.39 is 0 Å². The molecule has 150 valence electrons. The predicted octanol–water partition coefficient (Wildman–Crippen LogP) is 3.97. The molecule has 0 spiro atoms. The van der Waals surface area contributed by atoms with Gasteiger partial charge in [0, 0.05) is 30.5 Å². The van der Waals surface area contributed by atoms with Crippen molar-refractivity contribution in [3.8, 4) is 17.1 Å². The predicted molar refractivity (Wildman–Crippen MR) is 105 cm³/mol. The van der Waals surface area contributed by atoms with Crippen LogP contribution < -0.4 is 10.1 Å². The first-order chi connectivity index (χ1) is 13.6. The van der Waals surface area contributed by atoms with Crippen molar-refractivity contribution in [2.24, 2.45) is 0 Å². The van der Waals surface area contributed by atoms with E-state index in [1.807, 2.05) is 43.0 Å². The number of aromatic nitrogens is 2. The zero-order valence-electron chi connectivity index (χ0n) is 16.6. The highest BCUT2D eigenvalue weighted by Crippen LogP contribution is 2.24. The molecular formula is C21H28N4O3. The molecule has 7 heteroatoms. The quantitative estimate of drug-likeness (QED) is 0.844. The highest BCUT2D eigenvalue weighted by molar-refractivity contribution is 5.75. The van der Waals surface area contributed by atoms with Crippen molar-refractivity contribution >= 4 is 6.03 Å². The van der Waals surface area contributed by atoms with Crippen LogP contribution in [-0.4, -0.2) is 46.3 Å². The monoisotopic (exact) mass is 384 g/mol. The highest BCUT2D eigenvalue weighted by atomic mass is 16.5. The fraction of sp³-hybridized carbons (Fsp3) is 0.571. The van der Waals surface area contributed by atoms with Crippen LogP contribution in [0.15, 0.2) is 28.8 Å². The van der Waals surface area contributed by atoms with Gasteiger partial charge in [0.25, 0.3) is 0 Å². The lowest BCUT2D eigenvalue weighted by Gasteiger charge is -2.20. The third kappa shape index (κ3) is 4.29. The van der Waals surface area contributed by atoms with Gasteiger partial charge in [0.05, 0.1) is 6.54 Å². The molecule has 2 aliphatic rings. The van der Waals surface area contributed by atoms with Crippen molar-refractivity contribution in [2.45, 2.75) is 64.0 Å². The SMILES string of the molecule is CC(C)c1nc(-c2ccc(OC3CCN(C(=O)NC4CCCC4)C3)cc2)no1. The van der Waals surface area contributed by atoms with E-state index in [1.54, 1.807) is 0 Å². The first kappa shape index (κ1) is 18.8. The summed E-state index contributed by atoms with van der Waals surface area (Å²) in [6.07, 6.45) is 5.51. The maximum Gasteiger partial charge on any atom is 0.317 e. The Bertz CT molecular complexity index is 796. The molecule has 4 rings (SSSR count). The van der Waals surface area contributed by atoms with Crippen LogP contribution in [-0.2, 0) is 0 Å². The molecule has 1 aliphatic carbocycles. The van der Waals surface area contributed by atoms with Crippen molar-refractivity contribution in [1.82, 2.24) is 20.4 Å². The normalized spacial score (nSPS) is 20.1. The Labute approximate surface area is 165 Å². The van der Waals surface area contributed by atoms with E-state index in [0.717, 1.165) is 37.1 Å². The first-order valence-electron chi connectivity index (χ1n) is 10.2. The summed E-state index contributed by atoms with van der Waals surface area (Å²) in [7, 11) is 0. The number of benzene rings is 1. The van der Waals surface area contributed by atoms with Crippen LogP contribution in [0.2, 0.25) is 0 Å². The molecule has 1 N–H and O–H groups in total. The molecule has 1 aliphatic heterocycles. The average Bonchev–Trinajstić information content (AvgIpc) is 3.44. The zero-order chi connectivity index (χ0) is 19.5. The molecule has 1 aromatic carbocycles. The van der Waals surface area contributed by atoms with Crippen LogP contribution in [0.3, 0.4) is 0 Å². The van der Waals surface area contributed by atoms with Crippen molar-refractivity contribution < 1.29 is 14.1 Å². The summed E-state index contributed by atoms with van der Waals surface area (Å²) in [5, 5.41) is 7.18. The number of carbonyl (C=O) groups is 1. The summed E-state index contributed by atoms with van der Waals surface area (Å²) in [5.41, 5.74) is 0.895. The van der Waals surface area contributed by atoms with Crippen LogP contribution in [0.25, 0.3) is 11.4 Å². The number of rotatable bonds is 5. The Balaban J connectivity index is 1.30. The topological polar surface area (TPSA) is 80.5 Å². The van der Waals surface area contributed by atoms with Crippen LogP contribution >= 0.6 is 0 Å². The van der Waals surface area contributed by atoms with Gasteiger partial charge in [0.15, 0.2) is 0 Å². The summed E-state index contributed by atoms with van der Waals surface area (Å²) in [4.78, 5) is 18.7. The Hall–Kier alpha value is -2.57. The molecule has 2 heterocycles. The number of carbonyl (C=O) groups excluding carboxylic acids is 1. The van der Waals surface area contributed by atoms with Gasteiger partial charge in [-0.2, -0.15) is 4.98 Å². The molecule has 0 radical (unpaired) electrons. The Morgan fingerprint density at radius 3 is 2.64 bits per heavy atom. The van der Waals surface area contributed by atoms with Crippen molar-refractivity contribution in [3.05, 3.63) is 30.2 Å². The number of nitrogens with zero attached hydrogens (tertiary/aromatic N) is 3. The molecule has 1 aromatic heterocycles. The molecule has 1 unspecified atom stereocenters. The van der Waals surface area contributed by atoms with Gasteiger partial charge in [-0.05, 0) is 37.1 Å². The molecule has 0 bridgehead atoms. The number of urea groups is 1. The van der Waals surface area contributed by atoms with E-state index in [-0.39, 0.29) is 18.1 Å². The Morgan fingerprint density at radius 1 is 1.21 bits per heavy atom. The van der Waals surface area contributed by atoms with Crippen LogP contribution in [0.1, 0.15) is 57.8 Å². The van der Waals surface area contributed by atoms with E-state index in [9.17, 15) is 4.79 Å². The second-order valence-corrected chi connectivity index (χ2v) is 8.04. The summed E-state index contributed by atoms with van der Waals surface area (Å²) in [5.74, 6) is 2.22. The van der Waals surface area contributed by atoms with Gasteiger partial charge in [-0.1, -0.05) is 31.8 Å². The number of hydrogen-bond acceptors (Lipinski definition) is 5. The van der Waals surface area contributed by atoms with Crippen molar-refractivity contribution in [1.29, 1.82) is 0 Å². The molecule has 7 nitrogen and oxygen atoms in total. The minimum absolute atomic E-state index is 0.0258. The summed E-state index contributed by atoms with van der Waals surface area (Å²) in [6, 6.07) is 8.10. The summed E-state index contributed by atoms with van der Waals surface area (Å²) in [6.45, 7) is 5.41. The number of ether oxygens (including phenoxy) is 1. The molecule has 2 aromatic rings. The molecule has 1 saturated heterocycles. The maximum atomic E-state index is 12.4. The summed E-state index contributed by atoms with van der Waals surface area (Å²) < 4.78 is 11.3. The highest BCUT2D eigenvalue weighted by Gasteiger charge is 2.29. The number of amides is 2. The Kier molecular flexibility index (Phi) is 5.50. The van der Waals surface area contributed by atoms with Gasteiger partial charge in [-0.25, -0.2) is 4.79 Å². The van der Waals surface area contributed by atoms with E-state index in [4.69, 9.17) is 9.26 Å². The van der Waals surface area contributed by atoms with Gasteiger partial charge in [0.2, 0.25) is 11.7 Å². The zero-order valence-corrected chi connectivity index (χ0v) is 16.6. The molecular weight excluding hydrogens is 356 g/mol. The third-order valence-electron chi connectivity index (χ3n) is 5.47. The van der Waals surface area contributed by atoms with Crippen LogP contribution in [0.5, 0.6) is 5.75 Å². The van der Waals surface area contributed by atoms with Crippen molar-refractivity contribution in [3.63, 3.8) is 0 Å². The largest absolute Gasteiger partial charge is 0.489 e. The van der Waals surface area contributed by atoms with E-state index in [0.29, 0.717) is 24.3 Å². The van der Waals surface area contributed by atoms with Gasteiger partial charge >= 0.3 is 6.03 Å². The number of nitrogens with one attached hydrogen (secondary N) is 1.